The van der Waals surface area contributed by atoms with Crippen LogP contribution in [0.15, 0.2) is 48.5 Å². The quantitative estimate of drug-likeness (QED) is 0.638. The summed E-state index contributed by atoms with van der Waals surface area (Å²) in [7, 11) is 0. The molecule has 3 unspecified atom stereocenters. The average molecular weight is 348 g/mol. The topological polar surface area (TPSA) is 78.4 Å². The van der Waals surface area contributed by atoms with Gasteiger partial charge in [-0.15, -0.1) is 0 Å². The first-order valence-corrected chi connectivity index (χ1v) is 8.28. The van der Waals surface area contributed by atoms with Crippen molar-refractivity contribution in [3.63, 3.8) is 0 Å². The van der Waals surface area contributed by atoms with Crippen LogP contribution >= 0.6 is 0 Å². The normalized spacial score (nSPS) is 17.0. The molecule has 3 atom stereocenters. The van der Waals surface area contributed by atoms with Crippen LogP contribution < -0.4 is 0 Å². The highest BCUT2D eigenvalue weighted by atomic mass is 16.6. The first kappa shape index (κ1) is 16.2. The molecule has 1 aromatic heterocycles. The van der Waals surface area contributed by atoms with E-state index >= 15 is 0 Å². The number of benzene rings is 2. The molecule has 0 fully saturated rings. The van der Waals surface area contributed by atoms with Crippen LogP contribution in [0.25, 0.3) is 22.3 Å². The molecule has 6 heteroatoms. The van der Waals surface area contributed by atoms with Crippen molar-refractivity contribution in [1.82, 2.24) is 9.97 Å². The SMILES string of the molecule is CC(OC=O)C(OC=O)C1c2ccccc2-c2nc3ccccc3nc21. The van der Waals surface area contributed by atoms with Crippen LogP contribution in [-0.4, -0.2) is 35.1 Å². The molecule has 130 valence electrons. The molecule has 0 aliphatic heterocycles. The van der Waals surface area contributed by atoms with Gasteiger partial charge in [0.15, 0.2) is 6.10 Å². The Morgan fingerprint density at radius 3 is 2.31 bits per heavy atom. The first-order chi connectivity index (χ1) is 12.7. The summed E-state index contributed by atoms with van der Waals surface area (Å²) in [5, 5.41) is 0. The van der Waals surface area contributed by atoms with Gasteiger partial charge in [-0.3, -0.25) is 9.59 Å². The van der Waals surface area contributed by atoms with E-state index < -0.39 is 12.2 Å². The Balaban J connectivity index is 1.93. The van der Waals surface area contributed by atoms with Gasteiger partial charge in [0.05, 0.1) is 28.3 Å². The number of fused-ring (bicyclic) bond motifs is 4. The largest absolute Gasteiger partial charge is 0.461 e. The van der Waals surface area contributed by atoms with Gasteiger partial charge in [-0.25, -0.2) is 9.97 Å². The summed E-state index contributed by atoms with van der Waals surface area (Å²) in [6.45, 7) is 2.43. The summed E-state index contributed by atoms with van der Waals surface area (Å²) in [5.74, 6) is -0.363. The molecule has 1 heterocycles. The van der Waals surface area contributed by atoms with Crippen molar-refractivity contribution in [2.45, 2.75) is 25.0 Å². The zero-order chi connectivity index (χ0) is 18.1. The Labute approximate surface area is 149 Å². The molecule has 0 bridgehead atoms. The predicted octanol–water partition coefficient (Wildman–Crippen LogP) is 2.85. The van der Waals surface area contributed by atoms with E-state index in [2.05, 4.69) is 0 Å². The van der Waals surface area contributed by atoms with E-state index in [1.54, 1.807) is 6.92 Å². The minimum absolute atomic E-state index is 0.361. The summed E-state index contributed by atoms with van der Waals surface area (Å²) >= 11 is 0. The van der Waals surface area contributed by atoms with Crippen LogP contribution in [0.3, 0.4) is 0 Å². The van der Waals surface area contributed by atoms with Crippen LogP contribution in [0.5, 0.6) is 0 Å². The van der Waals surface area contributed by atoms with Gasteiger partial charge in [-0.05, 0) is 24.6 Å². The lowest BCUT2D eigenvalue weighted by molar-refractivity contribution is -0.150. The molecule has 3 aromatic rings. The summed E-state index contributed by atoms with van der Waals surface area (Å²) < 4.78 is 10.4. The van der Waals surface area contributed by atoms with E-state index in [0.717, 1.165) is 33.5 Å². The number of para-hydroxylation sites is 2. The number of carbonyl (C=O) groups excluding carboxylic acids is 2. The second kappa shape index (κ2) is 6.55. The van der Waals surface area contributed by atoms with E-state index in [1.807, 2.05) is 48.5 Å². The van der Waals surface area contributed by atoms with E-state index in [-0.39, 0.29) is 5.92 Å². The van der Waals surface area contributed by atoms with Gasteiger partial charge in [0.1, 0.15) is 6.10 Å². The number of rotatable bonds is 6. The molecular weight excluding hydrogens is 332 g/mol. The average Bonchev–Trinajstić information content (AvgIpc) is 2.98. The lowest BCUT2D eigenvalue weighted by atomic mass is 9.91. The smallest absolute Gasteiger partial charge is 0.293 e. The van der Waals surface area contributed by atoms with Crippen LogP contribution in [0.4, 0.5) is 0 Å². The van der Waals surface area contributed by atoms with Crippen LogP contribution in [0.2, 0.25) is 0 Å². The number of nitrogens with zero attached hydrogens (tertiary/aromatic N) is 2. The molecule has 0 N–H and O–H groups in total. The van der Waals surface area contributed by atoms with E-state index in [1.165, 1.54) is 0 Å². The number of carbonyl (C=O) groups is 2. The molecule has 0 amide bonds. The van der Waals surface area contributed by atoms with Gasteiger partial charge < -0.3 is 9.47 Å². The van der Waals surface area contributed by atoms with E-state index in [0.29, 0.717) is 12.9 Å². The Kier molecular flexibility index (Phi) is 4.08. The Morgan fingerprint density at radius 1 is 0.923 bits per heavy atom. The van der Waals surface area contributed by atoms with Crippen molar-refractivity contribution in [3.8, 4) is 11.3 Å². The third-order valence-corrected chi connectivity index (χ3v) is 4.72. The molecule has 0 saturated heterocycles. The molecule has 0 saturated carbocycles. The fourth-order valence-corrected chi connectivity index (χ4v) is 3.58. The molecule has 2 aromatic carbocycles. The van der Waals surface area contributed by atoms with Gasteiger partial charge in [-0.1, -0.05) is 36.4 Å². The molecule has 0 radical (unpaired) electrons. The third-order valence-electron chi connectivity index (χ3n) is 4.72. The van der Waals surface area contributed by atoms with Crippen LogP contribution in [-0.2, 0) is 19.1 Å². The molecule has 1 aliphatic rings. The monoisotopic (exact) mass is 348 g/mol. The first-order valence-electron chi connectivity index (χ1n) is 8.28. The summed E-state index contributed by atoms with van der Waals surface area (Å²) in [6, 6.07) is 15.4. The highest BCUT2D eigenvalue weighted by Crippen LogP contribution is 2.46. The van der Waals surface area contributed by atoms with Gasteiger partial charge in [0.2, 0.25) is 0 Å². The Morgan fingerprint density at radius 2 is 1.58 bits per heavy atom. The van der Waals surface area contributed by atoms with Crippen LogP contribution in [0.1, 0.15) is 24.1 Å². The van der Waals surface area contributed by atoms with Gasteiger partial charge in [0, 0.05) is 5.56 Å². The van der Waals surface area contributed by atoms with E-state index in [4.69, 9.17) is 19.4 Å². The fraction of sp³-hybridized carbons (Fsp3) is 0.200. The summed E-state index contributed by atoms with van der Waals surface area (Å²) in [5.41, 5.74) is 4.94. The molecule has 0 spiro atoms. The lowest BCUT2D eigenvalue weighted by Gasteiger charge is -2.27. The molecule has 26 heavy (non-hydrogen) atoms. The van der Waals surface area contributed by atoms with Crippen LogP contribution in [0, 0.1) is 0 Å². The molecular formula is C20H16N2O4. The summed E-state index contributed by atoms with van der Waals surface area (Å²) in [6.07, 6.45) is -1.33. The second-order valence-corrected chi connectivity index (χ2v) is 6.15. The zero-order valence-corrected chi connectivity index (χ0v) is 14.0. The van der Waals surface area contributed by atoms with Gasteiger partial charge in [-0.2, -0.15) is 0 Å². The maximum absolute atomic E-state index is 11.1. The standard InChI is InChI=1S/C20H16N2O4/c1-12(25-10-23)20(26-11-24)17-13-6-2-3-7-14(13)18-19(17)22-16-9-5-4-8-15(16)21-18/h2-12,17,20H,1H3. The minimum atomic E-state index is -0.699. The number of aromatic nitrogens is 2. The molecule has 6 nitrogen and oxygen atoms in total. The molecule has 1 aliphatic carbocycles. The van der Waals surface area contributed by atoms with E-state index in [9.17, 15) is 9.59 Å². The predicted molar refractivity (Wildman–Crippen MR) is 94.4 cm³/mol. The minimum Gasteiger partial charge on any atom is -0.461 e. The second-order valence-electron chi connectivity index (χ2n) is 6.15. The van der Waals surface area contributed by atoms with Crippen molar-refractivity contribution >= 4 is 24.0 Å². The summed E-state index contributed by atoms with van der Waals surface area (Å²) in [4.78, 5) is 31.5. The highest BCUT2D eigenvalue weighted by molar-refractivity contribution is 5.83. The highest BCUT2D eigenvalue weighted by Gasteiger charge is 2.41. The third kappa shape index (κ3) is 2.50. The van der Waals surface area contributed by atoms with Gasteiger partial charge in [0.25, 0.3) is 12.9 Å². The lowest BCUT2D eigenvalue weighted by Crippen LogP contribution is -2.34. The van der Waals surface area contributed by atoms with Crippen molar-refractivity contribution < 1.29 is 19.1 Å². The van der Waals surface area contributed by atoms with Crippen molar-refractivity contribution in [2.24, 2.45) is 0 Å². The number of hydrogen-bond acceptors (Lipinski definition) is 6. The Bertz CT molecular complexity index is 988. The number of hydrogen-bond donors (Lipinski definition) is 0. The zero-order valence-electron chi connectivity index (χ0n) is 14.0. The number of ether oxygens (including phenoxy) is 2. The maximum Gasteiger partial charge on any atom is 0.293 e. The van der Waals surface area contributed by atoms with Gasteiger partial charge >= 0.3 is 0 Å². The maximum atomic E-state index is 11.1. The van der Waals surface area contributed by atoms with Crippen molar-refractivity contribution in [3.05, 3.63) is 59.8 Å². The Hall–Kier alpha value is -3.28. The van der Waals surface area contributed by atoms with Crippen molar-refractivity contribution in [2.75, 3.05) is 0 Å². The molecule has 4 rings (SSSR count). The fourth-order valence-electron chi connectivity index (χ4n) is 3.58. The van der Waals surface area contributed by atoms with Crippen molar-refractivity contribution in [1.29, 1.82) is 0 Å².